The van der Waals surface area contributed by atoms with Crippen LogP contribution in [-0.2, 0) is 20.7 Å². The van der Waals surface area contributed by atoms with Crippen LogP contribution in [0.4, 0.5) is 0 Å². The summed E-state index contributed by atoms with van der Waals surface area (Å²) < 4.78 is 10.8. The molecule has 0 bridgehead atoms. The summed E-state index contributed by atoms with van der Waals surface area (Å²) in [6, 6.07) is 0. The molecule has 9 nitrogen and oxygen atoms in total. The number of H-pyrrole nitrogens is 1. The van der Waals surface area contributed by atoms with Crippen LogP contribution in [0.15, 0.2) is 25.0 Å². The molecule has 2 aromatic heterocycles. The lowest BCUT2D eigenvalue weighted by molar-refractivity contribution is -0.131. The van der Waals surface area contributed by atoms with Crippen LogP contribution in [-0.4, -0.2) is 78.2 Å². The fourth-order valence-electron chi connectivity index (χ4n) is 3.97. The quantitative estimate of drug-likeness (QED) is 0.586. The Kier molecular flexibility index (Phi) is 7.75. The monoisotopic (exact) mass is 429 g/mol. The Morgan fingerprint density at radius 1 is 1.45 bits per heavy atom. The van der Waals surface area contributed by atoms with Gasteiger partial charge in [-0.3, -0.25) is 9.59 Å². The minimum atomic E-state index is -0.188. The topological polar surface area (TPSA) is 109 Å². The maximum Gasteiger partial charge on any atom is 0.255 e. The molecule has 3 heterocycles. The van der Waals surface area contributed by atoms with Crippen molar-refractivity contribution in [1.29, 1.82) is 0 Å². The summed E-state index contributed by atoms with van der Waals surface area (Å²) in [5.41, 5.74) is 2.41. The zero-order chi connectivity index (χ0) is 22.4. The van der Waals surface area contributed by atoms with Gasteiger partial charge in [0.1, 0.15) is 5.52 Å². The van der Waals surface area contributed by atoms with E-state index in [-0.39, 0.29) is 29.8 Å². The first kappa shape index (κ1) is 22.9. The van der Waals surface area contributed by atoms with Gasteiger partial charge in [0.05, 0.1) is 30.2 Å². The Bertz CT molecular complexity index is 928. The van der Waals surface area contributed by atoms with Crippen molar-refractivity contribution >= 4 is 23.0 Å². The van der Waals surface area contributed by atoms with Gasteiger partial charge in [-0.1, -0.05) is 13.5 Å². The summed E-state index contributed by atoms with van der Waals surface area (Å²) in [4.78, 5) is 38.5. The lowest BCUT2D eigenvalue weighted by Gasteiger charge is -2.37. The number of likely N-dealkylation sites (tertiary alicyclic amines) is 1. The first-order chi connectivity index (χ1) is 15.0. The van der Waals surface area contributed by atoms with E-state index >= 15 is 0 Å². The maximum atomic E-state index is 12.7. The molecule has 0 saturated carbocycles. The molecule has 1 fully saturated rings. The van der Waals surface area contributed by atoms with Gasteiger partial charge in [-0.05, 0) is 30.8 Å². The zero-order valence-electron chi connectivity index (χ0n) is 18.4. The van der Waals surface area contributed by atoms with Crippen molar-refractivity contribution in [3.63, 3.8) is 0 Å². The Morgan fingerprint density at radius 3 is 2.97 bits per heavy atom. The number of amides is 2. The first-order valence-electron chi connectivity index (χ1n) is 10.5. The molecule has 2 aromatic rings. The van der Waals surface area contributed by atoms with Gasteiger partial charge in [-0.25, -0.2) is 9.97 Å². The number of methoxy groups -OCH3 is 2. The second kappa shape index (κ2) is 10.5. The fraction of sp³-hybridized carbons (Fsp3) is 0.545. The molecule has 168 valence electrons. The minimum Gasteiger partial charge on any atom is -0.384 e. The lowest BCUT2D eigenvalue weighted by Crippen LogP contribution is -2.47. The van der Waals surface area contributed by atoms with Crippen LogP contribution in [0.2, 0.25) is 0 Å². The first-order valence-corrected chi connectivity index (χ1v) is 10.5. The van der Waals surface area contributed by atoms with Crippen LogP contribution >= 0.6 is 0 Å². The summed E-state index contributed by atoms with van der Waals surface area (Å²) in [7, 11) is 3.30. The smallest absolute Gasteiger partial charge is 0.255 e. The summed E-state index contributed by atoms with van der Waals surface area (Å²) in [6.45, 7) is 7.85. The molecule has 3 atom stereocenters. The van der Waals surface area contributed by atoms with Crippen molar-refractivity contribution < 1.29 is 19.1 Å². The molecule has 1 saturated heterocycles. The molecule has 3 rings (SSSR count). The number of carbonyl (C=O) groups is 2. The van der Waals surface area contributed by atoms with Crippen molar-refractivity contribution in [3.05, 3.63) is 36.3 Å². The van der Waals surface area contributed by atoms with Crippen LogP contribution in [0.25, 0.3) is 11.2 Å². The second-order valence-electron chi connectivity index (χ2n) is 8.05. The Morgan fingerprint density at radius 2 is 2.26 bits per heavy atom. The highest BCUT2D eigenvalue weighted by Gasteiger charge is 2.31. The van der Waals surface area contributed by atoms with Gasteiger partial charge in [-0.2, -0.15) is 0 Å². The molecule has 0 unspecified atom stereocenters. The van der Waals surface area contributed by atoms with Gasteiger partial charge in [0.25, 0.3) is 5.91 Å². The van der Waals surface area contributed by atoms with E-state index in [0.717, 1.165) is 12.1 Å². The van der Waals surface area contributed by atoms with Crippen LogP contribution in [0, 0.1) is 11.8 Å². The predicted octanol–water partition coefficient (Wildman–Crippen LogP) is 1.56. The number of carbonyl (C=O) groups excluding carboxylic acids is 2. The van der Waals surface area contributed by atoms with Crippen molar-refractivity contribution in [3.8, 4) is 0 Å². The minimum absolute atomic E-state index is 0.0792. The normalized spacial score (nSPS) is 19.9. The largest absolute Gasteiger partial charge is 0.384 e. The molecule has 2 amide bonds. The third-order valence-corrected chi connectivity index (χ3v) is 5.69. The van der Waals surface area contributed by atoms with E-state index in [1.807, 2.05) is 6.92 Å². The number of piperidine rings is 1. The number of nitrogens with one attached hydrogen (secondary N) is 2. The van der Waals surface area contributed by atoms with Crippen LogP contribution < -0.4 is 5.32 Å². The van der Waals surface area contributed by atoms with Crippen molar-refractivity contribution in [2.45, 2.75) is 25.9 Å². The highest BCUT2D eigenvalue weighted by Crippen LogP contribution is 2.25. The molecule has 0 aromatic carbocycles. The van der Waals surface area contributed by atoms with Crippen molar-refractivity contribution in [2.75, 3.05) is 40.5 Å². The predicted molar refractivity (Wildman–Crippen MR) is 117 cm³/mol. The van der Waals surface area contributed by atoms with E-state index in [4.69, 9.17) is 14.5 Å². The molecule has 2 N–H and O–H groups in total. The molecule has 0 aliphatic carbocycles. The number of rotatable bonds is 9. The standard InChI is InChI=1S/C22H31N5O4/c1-5-19(28)27-7-6-15(18(12-27)31-4)8-16-10-23-21-20(26-16)17(11-24-21)22(29)25-9-14(2)13-30-3/h5,10-11,14-15,18H,1,6-9,12-13H2,2-4H3,(H,23,24)(H,25,29)/t14-,15+,18+/m1/s1. The molecule has 0 spiro atoms. The van der Waals surface area contributed by atoms with Gasteiger partial charge in [0, 0.05) is 40.1 Å². The molecular weight excluding hydrogens is 398 g/mol. The maximum absolute atomic E-state index is 12.7. The Hall–Kier alpha value is -2.78. The average molecular weight is 430 g/mol. The lowest BCUT2D eigenvalue weighted by atomic mass is 9.89. The molecule has 1 aliphatic heterocycles. The van der Waals surface area contributed by atoms with E-state index in [1.165, 1.54) is 6.08 Å². The number of fused-ring (bicyclic) bond motifs is 1. The van der Waals surface area contributed by atoms with Gasteiger partial charge in [0.2, 0.25) is 5.91 Å². The van der Waals surface area contributed by atoms with E-state index in [2.05, 4.69) is 21.9 Å². The van der Waals surface area contributed by atoms with E-state index < -0.39 is 0 Å². The number of hydrogen-bond acceptors (Lipinski definition) is 6. The molecule has 31 heavy (non-hydrogen) atoms. The van der Waals surface area contributed by atoms with Crippen molar-refractivity contribution in [2.24, 2.45) is 11.8 Å². The highest BCUT2D eigenvalue weighted by molar-refractivity contribution is 6.04. The van der Waals surface area contributed by atoms with Gasteiger partial charge >= 0.3 is 0 Å². The number of aromatic nitrogens is 3. The molecule has 9 heteroatoms. The van der Waals surface area contributed by atoms with Crippen LogP contribution in [0.1, 0.15) is 29.4 Å². The van der Waals surface area contributed by atoms with Gasteiger partial charge in [0.15, 0.2) is 5.65 Å². The number of ether oxygens (including phenoxy) is 2. The van der Waals surface area contributed by atoms with Gasteiger partial charge in [-0.15, -0.1) is 0 Å². The van der Waals surface area contributed by atoms with Crippen LogP contribution in [0.5, 0.6) is 0 Å². The van der Waals surface area contributed by atoms with Gasteiger partial charge < -0.3 is 24.7 Å². The summed E-state index contributed by atoms with van der Waals surface area (Å²) in [6.07, 6.45) is 6.08. The van der Waals surface area contributed by atoms with E-state index in [1.54, 1.807) is 31.5 Å². The van der Waals surface area contributed by atoms with Crippen LogP contribution in [0.3, 0.4) is 0 Å². The van der Waals surface area contributed by atoms with Crippen molar-refractivity contribution in [1.82, 2.24) is 25.2 Å². The molecular formula is C22H31N5O4. The fourth-order valence-corrected chi connectivity index (χ4v) is 3.97. The zero-order valence-corrected chi connectivity index (χ0v) is 18.4. The molecule has 0 radical (unpaired) electrons. The average Bonchev–Trinajstić information content (AvgIpc) is 3.20. The highest BCUT2D eigenvalue weighted by atomic mass is 16.5. The van der Waals surface area contributed by atoms with E-state index in [0.29, 0.717) is 49.4 Å². The summed E-state index contributed by atoms with van der Waals surface area (Å²) >= 11 is 0. The van der Waals surface area contributed by atoms with E-state index in [9.17, 15) is 9.59 Å². The third kappa shape index (κ3) is 5.48. The SMILES string of the molecule is C=CC(=O)N1CC[C@@H](Cc2cnc3[nH]cc(C(=O)NC[C@@H](C)COC)c3n2)[C@@H](OC)C1. The Labute approximate surface area is 182 Å². The summed E-state index contributed by atoms with van der Waals surface area (Å²) in [5, 5.41) is 2.93. The molecule has 1 aliphatic rings. The number of hydrogen-bond donors (Lipinski definition) is 2. The number of nitrogens with zero attached hydrogens (tertiary/aromatic N) is 3. The Balaban J connectivity index is 1.71. The summed E-state index contributed by atoms with van der Waals surface area (Å²) in [5.74, 6) is 0.151. The third-order valence-electron chi connectivity index (χ3n) is 5.69. The second-order valence-corrected chi connectivity index (χ2v) is 8.05. The number of aromatic amines is 1.